The highest BCUT2D eigenvalue weighted by atomic mass is 32.2. The van der Waals surface area contributed by atoms with Gasteiger partial charge < -0.3 is 10.4 Å². The van der Waals surface area contributed by atoms with Crippen LogP contribution in [0.2, 0.25) is 0 Å². The molecule has 0 atom stereocenters. The van der Waals surface area contributed by atoms with Crippen LogP contribution < -0.4 is 5.32 Å². The normalized spacial score (nSPS) is 12.0. The molecule has 0 amide bonds. The molecule has 0 unspecified atom stereocenters. The fraction of sp³-hybridized carbons (Fsp3) is 1.00. The lowest BCUT2D eigenvalue weighted by atomic mass is 10.3. The van der Waals surface area contributed by atoms with Gasteiger partial charge in [0.05, 0.1) is 6.54 Å². The summed E-state index contributed by atoms with van der Waals surface area (Å²) in [7, 11) is 0. The molecular formula is C8H17F2NOS. The van der Waals surface area contributed by atoms with Gasteiger partial charge in [0, 0.05) is 0 Å². The fourth-order valence-corrected chi connectivity index (χ4v) is 1.32. The quantitative estimate of drug-likeness (QED) is 0.597. The number of thioether (sulfide) groups is 1. The minimum absolute atomic E-state index is 0.428. The van der Waals surface area contributed by atoms with E-state index in [4.69, 9.17) is 5.11 Å². The molecular weight excluding hydrogens is 196 g/mol. The maximum Gasteiger partial charge on any atom is 0.282 e. The van der Waals surface area contributed by atoms with Gasteiger partial charge in [0.15, 0.2) is 0 Å². The minimum atomic E-state index is -2.97. The Morgan fingerprint density at radius 1 is 1.38 bits per heavy atom. The van der Waals surface area contributed by atoms with E-state index in [0.29, 0.717) is 6.54 Å². The van der Waals surface area contributed by atoms with Crippen molar-refractivity contribution in [2.75, 3.05) is 31.7 Å². The van der Waals surface area contributed by atoms with Crippen LogP contribution in [0.5, 0.6) is 0 Å². The second kappa shape index (κ2) is 7.53. The SMILES string of the molecule is CSCCCCNCC(F)(F)CO. The third-order valence-corrected chi connectivity index (χ3v) is 2.26. The van der Waals surface area contributed by atoms with Crippen LogP contribution in [0.3, 0.4) is 0 Å². The van der Waals surface area contributed by atoms with Crippen LogP contribution in [0.15, 0.2) is 0 Å². The van der Waals surface area contributed by atoms with Gasteiger partial charge in [0.25, 0.3) is 5.92 Å². The number of hydrogen-bond acceptors (Lipinski definition) is 3. The molecule has 13 heavy (non-hydrogen) atoms. The van der Waals surface area contributed by atoms with E-state index >= 15 is 0 Å². The average molecular weight is 213 g/mol. The van der Waals surface area contributed by atoms with Crippen molar-refractivity contribution in [3.63, 3.8) is 0 Å². The molecule has 0 spiro atoms. The minimum Gasteiger partial charge on any atom is -0.390 e. The van der Waals surface area contributed by atoms with Crippen LogP contribution in [0.4, 0.5) is 8.78 Å². The van der Waals surface area contributed by atoms with Gasteiger partial charge in [-0.05, 0) is 31.4 Å². The number of halogens is 2. The third kappa shape index (κ3) is 8.46. The highest BCUT2D eigenvalue weighted by Crippen LogP contribution is 2.09. The zero-order valence-corrected chi connectivity index (χ0v) is 8.67. The Morgan fingerprint density at radius 3 is 2.62 bits per heavy atom. The molecule has 5 heteroatoms. The van der Waals surface area contributed by atoms with Gasteiger partial charge in [0.2, 0.25) is 0 Å². The van der Waals surface area contributed by atoms with Crippen molar-refractivity contribution in [3.8, 4) is 0 Å². The topological polar surface area (TPSA) is 32.3 Å². The molecule has 0 rings (SSSR count). The first-order chi connectivity index (χ1) is 6.12. The molecule has 0 heterocycles. The lowest BCUT2D eigenvalue weighted by Crippen LogP contribution is -2.36. The first-order valence-corrected chi connectivity index (χ1v) is 5.70. The van der Waals surface area contributed by atoms with E-state index in [1.54, 1.807) is 11.8 Å². The Hall–Kier alpha value is 0.130. The van der Waals surface area contributed by atoms with Crippen molar-refractivity contribution in [1.29, 1.82) is 0 Å². The lowest BCUT2D eigenvalue weighted by Gasteiger charge is -2.13. The van der Waals surface area contributed by atoms with Crippen LogP contribution >= 0.6 is 11.8 Å². The van der Waals surface area contributed by atoms with Gasteiger partial charge in [-0.2, -0.15) is 11.8 Å². The van der Waals surface area contributed by atoms with Gasteiger partial charge >= 0.3 is 0 Å². The molecule has 0 saturated carbocycles. The molecule has 0 aromatic rings. The summed E-state index contributed by atoms with van der Waals surface area (Å²) in [5.41, 5.74) is 0. The second-order valence-corrected chi connectivity index (χ2v) is 3.88. The summed E-state index contributed by atoms with van der Waals surface area (Å²) in [5, 5.41) is 10.9. The molecule has 0 aliphatic heterocycles. The number of aliphatic hydroxyl groups is 1. The highest BCUT2D eigenvalue weighted by molar-refractivity contribution is 7.98. The fourth-order valence-electron chi connectivity index (χ4n) is 0.824. The third-order valence-electron chi connectivity index (χ3n) is 1.57. The smallest absolute Gasteiger partial charge is 0.282 e. The van der Waals surface area contributed by atoms with E-state index in [2.05, 4.69) is 5.32 Å². The van der Waals surface area contributed by atoms with Crippen molar-refractivity contribution in [1.82, 2.24) is 5.32 Å². The summed E-state index contributed by atoms with van der Waals surface area (Å²) in [6.07, 6.45) is 3.97. The van der Waals surface area contributed by atoms with Gasteiger partial charge in [-0.25, -0.2) is 8.78 Å². The zero-order valence-electron chi connectivity index (χ0n) is 7.85. The van der Waals surface area contributed by atoms with E-state index in [-0.39, 0.29) is 0 Å². The summed E-state index contributed by atoms with van der Waals surface area (Å²) >= 11 is 1.75. The van der Waals surface area contributed by atoms with E-state index in [1.807, 2.05) is 6.26 Å². The first-order valence-electron chi connectivity index (χ1n) is 4.31. The maximum atomic E-state index is 12.4. The van der Waals surface area contributed by atoms with Gasteiger partial charge in [-0.1, -0.05) is 0 Å². The van der Waals surface area contributed by atoms with Crippen LogP contribution in [-0.4, -0.2) is 42.7 Å². The predicted octanol–water partition coefficient (Wildman–Crippen LogP) is 1.35. The van der Waals surface area contributed by atoms with E-state index in [9.17, 15) is 8.78 Å². The molecule has 2 nitrogen and oxygen atoms in total. The second-order valence-electron chi connectivity index (χ2n) is 2.89. The molecule has 0 aromatic heterocycles. The van der Waals surface area contributed by atoms with Crippen LogP contribution in [0, 0.1) is 0 Å². The largest absolute Gasteiger partial charge is 0.390 e. The summed E-state index contributed by atoms with van der Waals surface area (Å²) in [6.45, 7) is -0.913. The number of aliphatic hydroxyl groups excluding tert-OH is 1. The standard InChI is InChI=1S/C8H17F2NOS/c1-13-5-3-2-4-11-6-8(9,10)7-12/h11-12H,2-7H2,1H3. The Bertz CT molecular complexity index is 125. The Labute approximate surface area is 82.1 Å². The maximum absolute atomic E-state index is 12.4. The molecule has 0 bridgehead atoms. The summed E-state index contributed by atoms with van der Waals surface area (Å²) in [6, 6.07) is 0. The summed E-state index contributed by atoms with van der Waals surface area (Å²) < 4.78 is 24.8. The number of alkyl halides is 2. The lowest BCUT2D eigenvalue weighted by molar-refractivity contribution is -0.0474. The molecule has 0 radical (unpaired) electrons. The van der Waals surface area contributed by atoms with Gasteiger partial charge in [-0.3, -0.25) is 0 Å². The molecule has 0 fully saturated rings. The van der Waals surface area contributed by atoms with Crippen molar-refractivity contribution < 1.29 is 13.9 Å². The zero-order chi connectivity index (χ0) is 10.2. The van der Waals surface area contributed by atoms with E-state index in [1.165, 1.54) is 0 Å². The highest BCUT2D eigenvalue weighted by Gasteiger charge is 2.26. The number of nitrogens with one attached hydrogen (secondary N) is 1. The molecule has 2 N–H and O–H groups in total. The van der Waals surface area contributed by atoms with E-state index in [0.717, 1.165) is 18.6 Å². The average Bonchev–Trinajstić information content (AvgIpc) is 2.11. The number of unbranched alkanes of at least 4 members (excludes halogenated alkanes) is 1. The van der Waals surface area contributed by atoms with Gasteiger partial charge in [0.1, 0.15) is 6.61 Å². The van der Waals surface area contributed by atoms with E-state index < -0.39 is 19.1 Å². The first kappa shape index (κ1) is 13.1. The summed E-state index contributed by atoms with van der Waals surface area (Å²) in [5.74, 6) is -1.91. The molecule has 80 valence electrons. The Kier molecular flexibility index (Phi) is 7.60. The van der Waals surface area contributed by atoms with Crippen molar-refractivity contribution in [3.05, 3.63) is 0 Å². The van der Waals surface area contributed by atoms with Crippen LogP contribution in [-0.2, 0) is 0 Å². The molecule has 0 aliphatic carbocycles. The number of hydrogen-bond donors (Lipinski definition) is 2. The molecule has 0 aliphatic rings. The number of rotatable bonds is 8. The molecule has 0 aromatic carbocycles. The monoisotopic (exact) mass is 213 g/mol. The van der Waals surface area contributed by atoms with Gasteiger partial charge in [-0.15, -0.1) is 0 Å². The molecule has 0 saturated heterocycles. The Morgan fingerprint density at radius 2 is 2.08 bits per heavy atom. The van der Waals surface area contributed by atoms with Crippen molar-refractivity contribution in [2.45, 2.75) is 18.8 Å². The van der Waals surface area contributed by atoms with Crippen molar-refractivity contribution in [2.24, 2.45) is 0 Å². The van der Waals surface area contributed by atoms with Crippen molar-refractivity contribution >= 4 is 11.8 Å². The van der Waals surface area contributed by atoms with Crippen LogP contribution in [0.25, 0.3) is 0 Å². The Balaban J connectivity index is 3.16. The summed E-state index contributed by atoms with van der Waals surface area (Å²) in [4.78, 5) is 0. The predicted molar refractivity (Wildman–Crippen MR) is 52.5 cm³/mol. The van der Waals surface area contributed by atoms with Crippen LogP contribution in [0.1, 0.15) is 12.8 Å².